The van der Waals surface area contributed by atoms with Gasteiger partial charge in [-0.25, -0.2) is 4.98 Å². The molecule has 0 unspecified atom stereocenters. The van der Waals surface area contributed by atoms with Gasteiger partial charge in [-0.05, 0) is 44.9 Å². The average molecular weight is 447 g/mol. The second-order valence-electron chi connectivity index (χ2n) is 7.49. The smallest absolute Gasteiger partial charge is 0.290 e. The fraction of sp³-hybridized carbons (Fsp3) is 0.476. The maximum Gasteiger partial charge on any atom is 0.290 e. The van der Waals surface area contributed by atoms with E-state index in [1.165, 1.54) is 23.2 Å². The minimum atomic E-state index is -0.813. The average Bonchev–Trinajstić information content (AvgIpc) is 3.08. The maximum absolute atomic E-state index is 12.6. The van der Waals surface area contributed by atoms with E-state index >= 15 is 0 Å². The van der Waals surface area contributed by atoms with E-state index in [2.05, 4.69) is 15.4 Å². The molecule has 1 aliphatic heterocycles. The Bertz CT molecular complexity index is 931. The number of aromatic hydroxyl groups is 1. The molecule has 3 heterocycles. The lowest BCUT2D eigenvalue weighted by Crippen LogP contribution is -2.51. The predicted molar refractivity (Wildman–Crippen MR) is 114 cm³/mol. The molecule has 1 saturated heterocycles. The quantitative estimate of drug-likeness (QED) is 0.364. The predicted octanol–water partition coefficient (Wildman–Crippen LogP) is 0.331. The van der Waals surface area contributed by atoms with Crippen LogP contribution < -0.4 is 5.32 Å². The van der Waals surface area contributed by atoms with Crippen LogP contribution in [-0.4, -0.2) is 79.0 Å². The molecule has 11 heteroatoms. The zero-order valence-corrected chi connectivity index (χ0v) is 18.1. The van der Waals surface area contributed by atoms with Gasteiger partial charge in [0.15, 0.2) is 5.69 Å². The third-order valence-corrected chi connectivity index (χ3v) is 5.14. The van der Waals surface area contributed by atoms with Gasteiger partial charge in [0.05, 0.1) is 17.7 Å². The van der Waals surface area contributed by atoms with Gasteiger partial charge in [0.1, 0.15) is 5.75 Å². The van der Waals surface area contributed by atoms with Crippen molar-refractivity contribution >= 4 is 18.3 Å². The van der Waals surface area contributed by atoms with Crippen LogP contribution in [0.3, 0.4) is 0 Å². The van der Waals surface area contributed by atoms with Crippen molar-refractivity contribution in [2.45, 2.75) is 39.3 Å². The number of hydrogen-bond donors (Lipinski definition) is 4. The van der Waals surface area contributed by atoms with Crippen LogP contribution in [-0.2, 0) is 16.1 Å². The molecule has 3 rings (SSSR count). The summed E-state index contributed by atoms with van der Waals surface area (Å²) in [6.45, 7) is 5.21. The van der Waals surface area contributed by atoms with Gasteiger partial charge in [-0.15, -0.1) is 0 Å². The van der Waals surface area contributed by atoms with Crippen LogP contribution in [0, 0.1) is 19.8 Å². The number of likely N-dealkylation sites (tertiary alicyclic amines) is 1. The minimum absolute atomic E-state index is 0.0482. The normalized spacial score (nSPS) is 17.8. The van der Waals surface area contributed by atoms with Crippen molar-refractivity contribution in [2.75, 3.05) is 19.6 Å². The summed E-state index contributed by atoms with van der Waals surface area (Å²) in [5.74, 6) is -1.65. The zero-order valence-electron chi connectivity index (χ0n) is 18.1. The van der Waals surface area contributed by atoms with Gasteiger partial charge in [-0.3, -0.25) is 19.1 Å². The first-order valence-electron chi connectivity index (χ1n) is 10.3. The van der Waals surface area contributed by atoms with Crippen LogP contribution in [0.5, 0.6) is 5.75 Å². The number of aryl methyl sites for hydroxylation is 3. The molecule has 174 valence electrons. The van der Waals surface area contributed by atoms with Gasteiger partial charge < -0.3 is 25.5 Å². The summed E-state index contributed by atoms with van der Waals surface area (Å²) in [5.41, 5.74) is 1.98. The van der Waals surface area contributed by atoms with Crippen LogP contribution in [0.1, 0.15) is 34.7 Å². The summed E-state index contributed by atoms with van der Waals surface area (Å²) >= 11 is 0. The Morgan fingerprint density at radius 3 is 2.69 bits per heavy atom. The van der Waals surface area contributed by atoms with E-state index in [-0.39, 0.29) is 30.4 Å². The van der Waals surface area contributed by atoms with Crippen LogP contribution in [0.2, 0.25) is 0 Å². The fourth-order valence-electron chi connectivity index (χ4n) is 3.57. The summed E-state index contributed by atoms with van der Waals surface area (Å²) in [6, 6.07) is 4.93. The van der Waals surface area contributed by atoms with Crippen LogP contribution in [0.4, 0.5) is 0 Å². The molecule has 1 fully saturated rings. The van der Waals surface area contributed by atoms with Gasteiger partial charge in [0.2, 0.25) is 5.91 Å². The molecule has 1 aliphatic rings. The number of carboxylic acid groups (broad SMARTS) is 1. The highest BCUT2D eigenvalue weighted by molar-refractivity contribution is 5.95. The number of hydrogen-bond acceptors (Lipinski definition) is 7. The number of nitrogens with one attached hydrogen (secondary N) is 1. The van der Waals surface area contributed by atoms with E-state index in [9.17, 15) is 19.8 Å². The van der Waals surface area contributed by atoms with Gasteiger partial charge in [-0.1, -0.05) is 0 Å². The molecule has 0 saturated carbocycles. The number of aliphatic hydroxyl groups is 1. The van der Waals surface area contributed by atoms with E-state index < -0.39 is 17.9 Å². The van der Waals surface area contributed by atoms with E-state index in [1.807, 2.05) is 24.6 Å². The van der Waals surface area contributed by atoms with Crippen molar-refractivity contribution in [1.82, 2.24) is 25.0 Å². The first-order chi connectivity index (χ1) is 15.3. The van der Waals surface area contributed by atoms with Crippen LogP contribution in [0.15, 0.2) is 24.4 Å². The molecular formula is C21H29N5O6. The summed E-state index contributed by atoms with van der Waals surface area (Å²) in [4.78, 5) is 38.9. The first-order valence-corrected chi connectivity index (χ1v) is 10.3. The number of carbonyl (C=O) groups excluding carboxylic acids is 2. The Morgan fingerprint density at radius 1 is 1.34 bits per heavy atom. The maximum atomic E-state index is 12.6. The van der Waals surface area contributed by atoms with E-state index in [0.717, 1.165) is 11.4 Å². The fourth-order valence-corrected chi connectivity index (χ4v) is 3.57. The summed E-state index contributed by atoms with van der Waals surface area (Å²) in [7, 11) is 0. The molecule has 0 aromatic carbocycles. The van der Waals surface area contributed by atoms with E-state index in [4.69, 9.17) is 9.90 Å². The van der Waals surface area contributed by atoms with Crippen molar-refractivity contribution in [3.63, 3.8) is 0 Å². The molecule has 4 N–H and O–H groups in total. The number of rotatable bonds is 6. The van der Waals surface area contributed by atoms with Crippen molar-refractivity contribution in [2.24, 2.45) is 5.92 Å². The molecule has 2 atom stereocenters. The van der Waals surface area contributed by atoms with Crippen molar-refractivity contribution in [3.05, 3.63) is 41.5 Å². The Labute approximate surface area is 185 Å². The molecule has 2 amide bonds. The van der Waals surface area contributed by atoms with Gasteiger partial charge in [0.25, 0.3) is 12.4 Å². The first kappa shape index (κ1) is 24.8. The second-order valence-corrected chi connectivity index (χ2v) is 7.49. The van der Waals surface area contributed by atoms with Crippen LogP contribution >= 0.6 is 0 Å². The molecule has 0 radical (unpaired) electrons. The molecule has 0 bridgehead atoms. The molecule has 2 aromatic rings. The number of nitrogens with zero attached hydrogens (tertiary/aromatic N) is 4. The monoisotopic (exact) mass is 447 g/mol. The molecule has 11 nitrogen and oxygen atoms in total. The lowest BCUT2D eigenvalue weighted by atomic mass is 9.93. The van der Waals surface area contributed by atoms with Crippen molar-refractivity contribution < 1.29 is 29.7 Å². The third-order valence-electron chi connectivity index (χ3n) is 5.14. The van der Waals surface area contributed by atoms with Gasteiger partial charge in [-0.2, -0.15) is 5.10 Å². The Morgan fingerprint density at radius 2 is 2.06 bits per heavy atom. The highest BCUT2D eigenvalue weighted by atomic mass is 16.3. The summed E-state index contributed by atoms with van der Waals surface area (Å²) in [5, 5.41) is 34.2. The largest absolute Gasteiger partial charge is 0.505 e. The number of aliphatic hydroxyl groups excluding tert-OH is 1. The molecule has 2 aromatic heterocycles. The lowest BCUT2D eigenvalue weighted by Gasteiger charge is -2.35. The lowest BCUT2D eigenvalue weighted by molar-refractivity contribution is -0.131. The molecule has 0 aliphatic carbocycles. The summed E-state index contributed by atoms with van der Waals surface area (Å²) in [6.07, 6.45) is 1.62. The van der Waals surface area contributed by atoms with Gasteiger partial charge in [0, 0.05) is 38.1 Å². The SMILES string of the molecule is Cc1cc(C)n(CCCNC(=O)[C@H]2CN(C(=O)c3ncccc3O)CC[C@H]2O)n1.O=CO. The van der Waals surface area contributed by atoms with Crippen molar-refractivity contribution in [3.8, 4) is 5.75 Å². The number of aromatic nitrogens is 3. The highest BCUT2D eigenvalue weighted by Gasteiger charge is 2.36. The van der Waals surface area contributed by atoms with E-state index in [0.29, 0.717) is 32.5 Å². The highest BCUT2D eigenvalue weighted by Crippen LogP contribution is 2.22. The number of piperidine rings is 1. The standard InChI is InChI=1S/C20H27N5O4.CH2O2/c1-13-11-14(2)25(23-13)9-4-8-22-19(28)15-12-24(10-6-16(15)26)20(29)18-17(27)5-3-7-21-18;2-1-3/h3,5,7,11,15-16,26-27H,4,6,8-10,12H2,1-2H3,(H,22,28);1H,(H,2,3)/t15-,16+;/m0./s1. The molecule has 32 heavy (non-hydrogen) atoms. The van der Waals surface area contributed by atoms with E-state index in [1.54, 1.807) is 0 Å². The summed E-state index contributed by atoms with van der Waals surface area (Å²) < 4.78 is 1.90. The van der Waals surface area contributed by atoms with Crippen molar-refractivity contribution in [1.29, 1.82) is 0 Å². The number of pyridine rings is 1. The molecule has 0 spiro atoms. The Kier molecular flexibility index (Phi) is 9.14. The topological polar surface area (TPSA) is 158 Å². The Hall–Kier alpha value is -3.47. The number of amides is 2. The van der Waals surface area contributed by atoms with Gasteiger partial charge >= 0.3 is 0 Å². The zero-order chi connectivity index (χ0) is 23.7. The second kappa shape index (κ2) is 11.8. The Balaban J connectivity index is 0.00000114. The molecular weight excluding hydrogens is 418 g/mol. The minimum Gasteiger partial charge on any atom is -0.505 e. The van der Waals surface area contributed by atoms with Crippen LogP contribution in [0.25, 0.3) is 0 Å². The number of carbonyl (C=O) groups is 3. The third kappa shape index (κ3) is 6.51.